The summed E-state index contributed by atoms with van der Waals surface area (Å²) in [5.41, 5.74) is 7.28. The number of phenolic OH excluding ortho intramolecular Hbond substituents is 1. The van der Waals surface area contributed by atoms with Gasteiger partial charge in [-0.2, -0.15) is 5.26 Å². The molecule has 1 aromatic carbocycles. The van der Waals surface area contributed by atoms with Crippen LogP contribution in [0.15, 0.2) is 18.2 Å². The van der Waals surface area contributed by atoms with Crippen molar-refractivity contribution in [3.8, 4) is 11.8 Å². The highest BCUT2D eigenvalue weighted by Crippen LogP contribution is 2.25. The molecule has 0 aliphatic heterocycles. The molecule has 1 rings (SSSR count). The molecule has 0 unspecified atom stereocenters. The molecular formula is C10H12N2O. The minimum absolute atomic E-state index is 0.169. The molecule has 0 aliphatic rings. The molecule has 13 heavy (non-hydrogen) atoms. The van der Waals surface area contributed by atoms with Gasteiger partial charge in [0.15, 0.2) is 0 Å². The van der Waals surface area contributed by atoms with Gasteiger partial charge in [0.05, 0.1) is 12.5 Å². The predicted molar refractivity (Wildman–Crippen MR) is 50.0 cm³/mol. The minimum atomic E-state index is -0.398. The first kappa shape index (κ1) is 9.56. The standard InChI is InChI=1S/C10H12N2O/c1-7-2-3-8(10(13)6-7)9(12)4-5-11/h2-3,6,9,13H,4,12H2,1H3/t9-/m1/s1. The molecule has 3 heteroatoms. The Bertz CT molecular complexity index is 341. The zero-order chi connectivity index (χ0) is 9.84. The molecule has 3 N–H and O–H groups in total. The summed E-state index contributed by atoms with van der Waals surface area (Å²) in [6, 6.07) is 6.84. The second kappa shape index (κ2) is 3.92. The van der Waals surface area contributed by atoms with E-state index in [0.717, 1.165) is 5.56 Å². The maximum absolute atomic E-state index is 9.50. The summed E-state index contributed by atoms with van der Waals surface area (Å²) >= 11 is 0. The van der Waals surface area contributed by atoms with E-state index in [1.165, 1.54) is 0 Å². The summed E-state index contributed by atoms with van der Waals surface area (Å²) < 4.78 is 0. The van der Waals surface area contributed by atoms with Crippen LogP contribution < -0.4 is 5.73 Å². The lowest BCUT2D eigenvalue weighted by atomic mass is 10.0. The SMILES string of the molecule is Cc1ccc([C@H](N)CC#N)c(O)c1. The molecule has 0 amide bonds. The first-order valence-corrected chi connectivity index (χ1v) is 4.07. The summed E-state index contributed by atoms with van der Waals surface area (Å²) in [5, 5.41) is 17.9. The van der Waals surface area contributed by atoms with Crippen molar-refractivity contribution in [3.05, 3.63) is 29.3 Å². The van der Waals surface area contributed by atoms with Crippen LogP contribution >= 0.6 is 0 Å². The number of nitriles is 1. The van der Waals surface area contributed by atoms with Gasteiger partial charge in [-0.3, -0.25) is 0 Å². The lowest BCUT2D eigenvalue weighted by molar-refractivity contribution is 0.461. The molecule has 0 heterocycles. The number of nitrogens with two attached hydrogens (primary N) is 1. The highest BCUT2D eigenvalue weighted by atomic mass is 16.3. The number of rotatable bonds is 2. The largest absolute Gasteiger partial charge is 0.508 e. The van der Waals surface area contributed by atoms with Gasteiger partial charge in [0.25, 0.3) is 0 Å². The Kier molecular flexibility index (Phi) is 2.88. The first-order valence-electron chi connectivity index (χ1n) is 4.07. The number of benzene rings is 1. The summed E-state index contributed by atoms with van der Waals surface area (Å²) in [4.78, 5) is 0. The lowest BCUT2D eigenvalue weighted by Gasteiger charge is -2.10. The Balaban J connectivity index is 2.96. The van der Waals surface area contributed by atoms with Gasteiger partial charge in [-0.05, 0) is 18.6 Å². The smallest absolute Gasteiger partial charge is 0.120 e. The minimum Gasteiger partial charge on any atom is -0.508 e. The fourth-order valence-corrected chi connectivity index (χ4v) is 1.18. The average Bonchev–Trinajstić information content (AvgIpc) is 2.04. The van der Waals surface area contributed by atoms with Crippen molar-refractivity contribution < 1.29 is 5.11 Å². The molecule has 3 nitrogen and oxygen atoms in total. The normalized spacial score (nSPS) is 12.1. The van der Waals surface area contributed by atoms with Crippen LogP contribution in [0.4, 0.5) is 0 Å². The number of hydrogen-bond acceptors (Lipinski definition) is 3. The Morgan fingerprint density at radius 1 is 1.62 bits per heavy atom. The van der Waals surface area contributed by atoms with E-state index < -0.39 is 6.04 Å². The van der Waals surface area contributed by atoms with Gasteiger partial charge in [-0.1, -0.05) is 12.1 Å². The lowest BCUT2D eigenvalue weighted by Crippen LogP contribution is -2.09. The number of nitrogens with zero attached hydrogens (tertiary/aromatic N) is 1. The van der Waals surface area contributed by atoms with Crippen LogP contribution in [0.25, 0.3) is 0 Å². The van der Waals surface area contributed by atoms with Crippen LogP contribution in [0.5, 0.6) is 5.75 Å². The molecule has 0 saturated heterocycles. The van der Waals surface area contributed by atoms with Gasteiger partial charge in [0.1, 0.15) is 5.75 Å². The van der Waals surface area contributed by atoms with E-state index in [1.807, 2.05) is 19.1 Å². The number of aromatic hydroxyl groups is 1. The maximum Gasteiger partial charge on any atom is 0.120 e. The van der Waals surface area contributed by atoms with Gasteiger partial charge in [-0.25, -0.2) is 0 Å². The molecule has 0 bridgehead atoms. The molecular weight excluding hydrogens is 164 g/mol. The monoisotopic (exact) mass is 176 g/mol. The highest BCUT2D eigenvalue weighted by molar-refractivity contribution is 5.38. The Morgan fingerprint density at radius 2 is 2.31 bits per heavy atom. The molecule has 0 radical (unpaired) electrons. The Morgan fingerprint density at radius 3 is 2.85 bits per heavy atom. The Hall–Kier alpha value is -1.53. The van der Waals surface area contributed by atoms with Gasteiger partial charge < -0.3 is 10.8 Å². The molecule has 0 aromatic heterocycles. The third kappa shape index (κ3) is 2.20. The number of hydrogen-bond donors (Lipinski definition) is 2. The molecule has 0 fully saturated rings. The van der Waals surface area contributed by atoms with E-state index in [-0.39, 0.29) is 12.2 Å². The summed E-state index contributed by atoms with van der Waals surface area (Å²) in [6.07, 6.45) is 0.219. The van der Waals surface area contributed by atoms with Crippen LogP contribution in [0, 0.1) is 18.3 Å². The molecule has 1 aromatic rings. The van der Waals surface area contributed by atoms with Gasteiger partial charge in [0, 0.05) is 11.6 Å². The number of phenols is 1. The van der Waals surface area contributed by atoms with Crippen LogP contribution in [0.2, 0.25) is 0 Å². The van der Waals surface area contributed by atoms with E-state index in [0.29, 0.717) is 5.56 Å². The molecule has 0 aliphatic carbocycles. The fraction of sp³-hybridized carbons (Fsp3) is 0.300. The van der Waals surface area contributed by atoms with Crippen LogP contribution in [0.3, 0.4) is 0 Å². The fourth-order valence-electron chi connectivity index (χ4n) is 1.18. The quantitative estimate of drug-likeness (QED) is 0.719. The van der Waals surface area contributed by atoms with Gasteiger partial charge >= 0.3 is 0 Å². The van der Waals surface area contributed by atoms with Crippen molar-refractivity contribution in [2.75, 3.05) is 0 Å². The van der Waals surface area contributed by atoms with Crippen LogP contribution in [0.1, 0.15) is 23.6 Å². The van der Waals surface area contributed by atoms with Crippen molar-refractivity contribution in [1.82, 2.24) is 0 Å². The van der Waals surface area contributed by atoms with Crippen LogP contribution in [-0.4, -0.2) is 5.11 Å². The second-order valence-corrected chi connectivity index (χ2v) is 3.03. The third-order valence-electron chi connectivity index (χ3n) is 1.90. The van der Waals surface area contributed by atoms with E-state index in [4.69, 9.17) is 11.0 Å². The topological polar surface area (TPSA) is 70.0 Å². The number of aryl methyl sites for hydroxylation is 1. The van der Waals surface area contributed by atoms with Gasteiger partial charge in [0.2, 0.25) is 0 Å². The van der Waals surface area contributed by atoms with Gasteiger partial charge in [-0.15, -0.1) is 0 Å². The van der Waals surface area contributed by atoms with E-state index in [2.05, 4.69) is 0 Å². The van der Waals surface area contributed by atoms with E-state index in [9.17, 15) is 5.11 Å². The third-order valence-corrected chi connectivity index (χ3v) is 1.90. The first-order chi connectivity index (χ1) is 6.15. The molecule has 68 valence electrons. The average molecular weight is 176 g/mol. The summed E-state index contributed by atoms with van der Waals surface area (Å²) in [5.74, 6) is 0.169. The maximum atomic E-state index is 9.50. The second-order valence-electron chi connectivity index (χ2n) is 3.03. The Labute approximate surface area is 77.4 Å². The summed E-state index contributed by atoms with van der Waals surface area (Å²) in [6.45, 7) is 1.89. The van der Waals surface area contributed by atoms with Crippen molar-refractivity contribution >= 4 is 0 Å². The summed E-state index contributed by atoms with van der Waals surface area (Å²) in [7, 11) is 0. The zero-order valence-electron chi connectivity index (χ0n) is 7.49. The van der Waals surface area contributed by atoms with Crippen molar-refractivity contribution in [2.24, 2.45) is 5.73 Å². The van der Waals surface area contributed by atoms with Crippen molar-refractivity contribution in [2.45, 2.75) is 19.4 Å². The zero-order valence-corrected chi connectivity index (χ0v) is 7.49. The van der Waals surface area contributed by atoms with Crippen molar-refractivity contribution in [3.63, 3.8) is 0 Å². The van der Waals surface area contributed by atoms with Crippen LogP contribution in [-0.2, 0) is 0 Å². The van der Waals surface area contributed by atoms with E-state index >= 15 is 0 Å². The predicted octanol–water partition coefficient (Wildman–Crippen LogP) is 1.61. The molecule has 0 spiro atoms. The van der Waals surface area contributed by atoms with Crippen molar-refractivity contribution in [1.29, 1.82) is 5.26 Å². The molecule has 0 saturated carbocycles. The highest BCUT2D eigenvalue weighted by Gasteiger charge is 2.09. The van der Waals surface area contributed by atoms with E-state index in [1.54, 1.807) is 12.1 Å². The molecule has 1 atom stereocenters.